The normalized spacial score (nSPS) is 10.7. The molecule has 0 atom stereocenters. The van der Waals surface area contributed by atoms with Crippen LogP contribution >= 0.6 is 0 Å². The van der Waals surface area contributed by atoms with E-state index in [4.69, 9.17) is 4.74 Å². The van der Waals surface area contributed by atoms with E-state index in [1.54, 1.807) is 17.1 Å². The minimum atomic E-state index is -0.619. The van der Waals surface area contributed by atoms with Gasteiger partial charge in [0.2, 0.25) is 0 Å². The van der Waals surface area contributed by atoms with E-state index < -0.39 is 10.9 Å². The van der Waals surface area contributed by atoms with Crippen molar-refractivity contribution in [2.24, 2.45) is 0 Å². The molecule has 21 heavy (non-hydrogen) atoms. The predicted octanol–water partition coefficient (Wildman–Crippen LogP) is 2.83. The van der Waals surface area contributed by atoms with E-state index >= 15 is 0 Å². The van der Waals surface area contributed by atoms with Crippen molar-refractivity contribution in [3.63, 3.8) is 0 Å². The Morgan fingerprint density at radius 2 is 2.14 bits per heavy atom. The molecule has 0 aliphatic heterocycles. The molecule has 2 rings (SSSR count). The van der Waals surface area contributed by atoms with Crippen LogP contribution in [0.4, 0.5) is 5.69 Å². The minimum Gasteiger partial charge on any atom is -0.465 e. The Kier molecular flexibility index (Phi) is 4.02. The summed E-state index contributed by atoms with van der Waals surface area (Å²) < 4.78 is 6.45. The quantitative estimate of drug-likeness (QED) is 0.490. The van der Waals surface area contributed by atoms with Crippen LogP contribution in [0.5, 0.6) is 0 Å². The summed E-state index contributed by atoms with van der Waals surface area (Å²) in [5.41, 5.74) is 1.25. The summed E-state index contributed by atoms with van der Waals surface area (Å²) in [6, 6.07) is 4.28. The highest BCUT2D eigenvalue weighted by Crippen LogP contribution is 2.28. The van der Waals surface area contributed by atoms with E-state index in [9.17, 15) is 14.9 Å². The highest BCUT2D eigenvalue weighted by atomic mass is 16.6. The lowest BCUT2D eigenvalue weighted by molar-refractivity contribution is -0.384. The van der Waals surface area contributed by atoms with Gasteiger partial charge in [0.25, 0.3) is 5.69 Å². The number of carbonyl (C=O) groups is 1. The molecule has 0 N–H and O–H groups in total. The molecule has 110 valence electrons. The number of benzene rings is 1. The third-order valence-electron chi connectivity index (χ3n) is 3.06. The highest BCUT2D eigenvalue weighted by molar-refractivity contribution is 5.97. The van der Waals surface area contributed by atoms with Crippen LogP contribution in [-0.4, -0.2) is 27.8 Å². The fourth-order valence-electron chi connectivity index (χ4n) is 1.94. The molecule has 0 fully saturated rings. The van der Waals surface area contributed by atoms with E-state index in [1.807, 2.05) is 13.8 Å². The van der Waals surface area contributed by atoms with Crippen molar-refractivity contribution in [3.8, 4) is 11.1 Å². The predicted molar refractivity (Wildman–Crippen MR) is 76.0 cm³/mol. The van der Waals surface area contributed by atoms with Crippen LogP contribution in [0.15, 0.2) is 30.6 Å². The van der Waals surface area contributed by atoms with Gasteiger partial charge in [-0.15, -0.1) is 0 Å². The van der Waals surface area contributed by atoms with E-state index in [1.165, 1.54) is 25.3 Å². The van der Waals surface area contributed by atoms with E-state index in [0.29, 0.717) is 11.1 Å². The van der Waals surface area contributed by atoms with Gasteiger partial charge >= 0.3 is 5.97 Å². The van der Waals surface area contributed by atoms with Crippen molar-refractivity contribution >= 4 is 11.7 Å². The zero-order valence-corrected chi connectivity index (χ0v) is 11.9. The lowest BCUT2D eigenvalue weighted by Crippen LogP contribution is -2.04. The minimum absolute atomic E-state index is 0.148. The maximum absolute atomic E-state index is 11.9. The van der Waals surface area contributed by atoms with Gasteiger partial charge in [-0.1, -0.05) is 0 Å². The van der Waals surface area contributed by atoms with Gasteiger partial charge in [-0.05, 0) is 25.5 Å². The zero-order chi connectivity index (χ0) is 15.6. The number of rotatable bonds is 4. The van der Waals surface area contributed by atoms with Crippen molar-refractivity contribution in [3.05, 3.63) is 46.3 Å². The molecule has 0 saturated carbocycles. The van der Waals surface area contributed by atoms with Crippen LogP contribution < -0.4 is 0 Å². The van der Waals surface area contributed by atoms with Crippen LogP contribution in [-0.2, 0) is 4.74 Å². The second kappa shape index (κ2) is 5.74. The molecule has 7 nitrogen and oxygen atoms in total. The Labute approximate surface area is 121 Å². The molecule has 0 amide bonds. The molecule has 1 aromatic carbocycles. The summed E-state index contributed by atoms with van der Waals surface area (Å²) in [5, 5.41) is 15.0. The number of hydrogen-bond acceptors (Lipinski definition) is 5. The lowest BCUT2D eigenvalue weighted by Gasteiger charge is -2.06. The van der Waals surface area contributed by atoms with Crippen LogP contribution in [0.2, 0.25) is 0 Å². The molecule has 1 aromatic heterocycles. The first kappa shape index (κ1) is 14.7. The van der Waals surface area contributed by atoms with Crippen molar-refractivity contribution in [2.75, 3.05) is 7.11 Å². The second-order valence-electron chi connectivity index (χ2n) is 4.78. The Hall–Kier alpha value is -2.70. The summed E-state index contributed by atoms with van der Waals surface area (Å²) in [7, 11) is 1.24. The smallest absolute Gasteiger partial charge is 0.338 e. The van der Waals surface area contributed by atoms with Gasteiger partial charge in [-0.3, -0.25) is 14.8 Å². The fourth-order valence-corrected chi connectivity index (χ4v) is 1.94. The maximum Gasteiger partial charge on any atom is 0.338 e. The first-order valence-electron chi connectivity index (χ1n) is 6.35. The molecule has 0 bridgehead atoms. The number of nitrogens with zero attached hydrogens (tertiary/aromatic N) is 3. The van der Waals surface area contributed by atoms with Crippen molar-refractivity contribution in [2.45, 2.75) is 19.9 Å². The van der Waals surface area contributed by atoms with Crippen molar-refractivity contribution in [1.29, 1.82) is 0 Å². The third kappa shape index (κ3) is 2.91. The number of ether oxygens (including phenoxy) is 1. The molecule has 0 aliphatic carbocycles. The van der Waals surface area contributed by atoms with Gasteiger partial charge in [-0.2, -0.15) is 5.10 Å². The van der Waals surface area contributed by atoms with Gasteiger partial charge in [-0.25, -0.2) is 4.79 Å². The first-order chi connectivity index (χ1) is 9.93. The fraction of sp³-hybridized carbons (Fsp3) is 0.286. The molecule has 0 aliphatic rings. The van der Waals surface area contributed by atoms with Crippen LogP contribution in [0.25, 0.3) is 11.1 Å². The zero-order valence-electron chi connectivity index (χ0n) is 11.9. The Bertz CT molecular complexity index is 691. The van der Waals surface area contributed by atoms with Gasteiger partial charge < -0.3 is 4.74 Å². The first-order valence-corrected chi connectivity index (χ1v) is 6.35. The van der Waals surface area contributed by atoms with Crippen LogP contribution in [0.1, 0.15) is 30.2 Å². The van der Waals surface area contributed by atoms with Crippen LogP contribution in [0.3, 0.4) is 0 Å². The molecule has 2 aromatic rings. The topological polar surface area (TPSA) is 87.3 Å². The largest absolute Gasteiger partial charge is 0.465 e. The number of carbonyl (C=O) groups excluding carboxylic acids is 1. The molecular formula is C14H15N3O4. The number of nitro benzene ring substituents is 1. The Balaban J connectivity index is 2.55. The summed E-state index contributed by atoms with van der Waals surface area (Å²) in [6.07, 6.45) is 3.41. The van der Waals surface area contributed by atoms with Gasteiger partial charge in [0.05, 0.1) is 23.8 Å². The van der Waals surface area contributed by atoms with Gasteiger partial charge in [0, 0.05) is 29.9 Å². The van der Waals surface area contributed by atoms with Crippen LogP contribution in [0, 0.1) is 10.1 Å². The molecule has 7 heteroatoms. The molecule has 1 heterocycles. The summed E-state index contributed by atoms with van der Waals surface area (Å²) in [4.78, 5) is 22.1. The number of aromatic nitrogens is 2. The van der Waals surface area contributed by atoms with Gasteiger partial charge in [0.1, 0.15) is 0 Å². The summed E-state index contributed by atoms with van der Waals surface area (Å²) >= 11 is 0. The van der Waals surface area contributed by atoms with Crippen molar-refractivity contribution < 1.29 is 14.5 Å². The van der Waals surface area contributed by atoms with Gasteiger partial charge in [0.15, 0.2) is 0 Å². The van der Waals surface area contributed by atoms with Crippen molar-refractivity contribution in [1.82, 2.24) is 9.78 Å². The second-order valence-corrected chi connectivity index (χ2v) is 4.78. The monoisotopic (exact) mass is 289 g/mol. The molecule has 0 spiro atoms. The van der Waals surface area contributed by atoms with E-state index in [2.05, 4.69) is 5.10 Å². The highest BCUT2D eigenvalue weighted by Gasteiger charge is 2.19. The lowest BCUT2D eigenvalue weighted by atomic mass is 10.0. The average molecular weight is 289 g/mol. The Morgan fingerprint density at radius 1 is 1.43 bits per heavy atom. The molecular weight excluding hydrogens is 274 g/mol. The van der Waals surface area contributed by atoms with E-state index in [-0.39, 0.29) is 17.3 Å². The molecule has 0 saturated heterocycles. The number of methoxy groups -OCH3 is 1. The average Bonchev–Trinajstić information content (AvgIpc) is 2.95. The molecule has 0 radical (unpaired) electrons. The number of non-ortho nitro benzene ring substituents is 1. The number of hydrogen-bond donors (Lipinski definition) is 0. The number of nitro groups is 1. The molecule has 0 unspecified atom stereocenters. The van der Waals surface area contributed by atoms with E-state index in [0.717, 1.165) is 0 Å². The SMILES string of the molecule is COC(=O)c1cc([N+](=O)[O-])ccc1-c1cnn(C(C)C)c1. The standard InChI is InChI=1S/C14H15N3O4/c1-9(2)16-8-10(7-15-16)12-5-4-11(17(19)20)6-13(12)14(18)21-3/h4-9H,1-3H3. The Morgan fingerprint density at radius 3 is 2.67 bits per heavy atom. The summed E-state index contributed by atoms with van der Waals surface area (Å²) in [6.45, 7) is 3.96. The third-order valence-corrected chi connectivity index (χ3v) is 3.06. The maximum atomic E-state index is 11.9. The summed E-state index contributed by atoms with van der Waals surface area (Å²) in [5.74, 6) is -0.619. The number of esters is 1.